The number of allylic oxidation sites excluding steroid dienone is 3. The van der Waals surface area contributed by atoms with Crippen molar-refractivity contribution in [1.82, 2.24) is 4.90 Å². The molecule has 0 bridgehead atoms. The lowest BCUT2D eigenvalue weighted by Gasteiger charge is -2.26. The maximum Gasteiger partial charge on any atom is 0.307 e. The average molecular weight is 251 g/mol. The van der Waals surface area contributed by atoms with Crippen molar-refractivity contribution in [3.8, 4) is 0 Å². The lowest BCUT2D eigenvalue weighted by atomic mass is 10.1. The van der Waals surface area contributed by atoms with Crippen molar-refractivity contribution < 1.29 is 14.6 Å². The second-order valence-corrected chi connectivity index (χ2v) is 4.15. The molecule has 0 atom stereocenters. The van der Waals surface area contributed by atoms with E-state index in [1.165, 1.54) is 0 Å². The molecule has 1 fully saturated rings. The molecule has 4 heteroatoms. The normalized spacial score (nSPS) is 18.8. The summed E-state index contributed by atoms with van der Waals surface area (Å²) in [7, 11) is 0. The van der Waals surface area contributed by atoms with Crippen molar-refractivity contribution >= 4 is 5.97 Å². The van der Waals surface area contributed by atoms with Crippen LogP contribution in [-0.4, -0.2) is 48.8 Å². The highest BCUT2D eigenvalue weighted by molar-refractivity contribution is 5.68. The fourth-order valence-electron chi connectivity index (χ4n) is 1.71. The SMILES string of the molecule is C\C=C/C=C\C(=C\CC(=O)O)CN1CCOCC1. The van der Waals surface area contributed by atoms with Gasteiger partial charge in [0.15, 0.2) is 0 Å². The summed E-state index contributed by atoms with van der Waals surface area (Å²) >= 11 is 0. The Morgan fingerprint density at radius 3 is 2.67 bits per heavy atom. The predicted molar refractivity (Wildman–Crippen MR) is 71.5 cm³/mol. The molecule has 1 aliphatic heterocycles. The van der Waals surface area contributed by atoms with Gasteiger partial charge in [0.1, 0.15) is 0 Å². The third-order valence-corrected chi connectivity index (χ3v) is 2.66. The van der Waals surface area contributed by atoms with Gasteiger partial charge in [-0.3, -0.25) is 9.69 Å². The number of morpholine rings is 1. The van der Waals surface area contributed by atoms with E-state index in [1.54, 1.807) is 6.08 Å². The van der Waals surface area contributed by atoms with Crippen LogP contribution >= 0.6 is 0 Å². The summed E-state index contributed by atoms with van der Waals surface area (Å²) in [5.41, 5.74) is 1.04. The largest absolute Gasteiger partial charge is 0.481 e. The molecule has 1 heterocycles. The number of hydrogen-bond acceptors (Lipinski definition) is 3. The molecule has 0 aromatic heterocycles. The molecule has 0 unspecified atom stereocenters. The zero-order valence-corrected chi connectivity index (χ0v) is 10.8. The van der Waals surface area contributed by atoms with Crippen LogP contribution in [0.3, 0.4) is 0 Å². The first-order chi connectivity index (χ1) is 8.72. The highest BCUT2D eigenvalue weighted by Crippen LogP contribution is 2.06. The minimum absolute atomic E-state index is 0.0693. The van der Waals surface area contributed by atoms with Gasteiger partial charge in [0.25, 0.3) is 0 Å². The molecule has 1 aliphatic rings. The maximum atomic E-state index is 10.6. The van der Waals surface area contributed by atoms with Gasteiger partial charge < -0.3 is 9.84 Å². The Morgan fingerprint density at radius 2 is 2.06 bits per heavy atom. The molecular formula is C14H21NO3. The summed E-state index contributed by atoms with van der Waals surface area (Å²) in [6, 6.07) is 0. The van der Waals surface area contributed by atoms with E-state index in [0.717, 1.165) is 38.4 Å². The van der Waals surface area contributed by atoms with Gasteiger partial charge in [-0.1, -0.05) is 30.4 Å². The van der Waals surface area contributed by atoms with E-state index in [9.17, 15) is 4.79 Å². The van der Waals surface area contributed by atoms with Crippen molar-refractivity contribution in [2.75, 3.05) is 32.8 Å². The minimum atomic E-state index is -0.797. The molecule has 1 N–H and O–H groups in total. The van der Waals surface area contributed by atoms with Crippen molar-refractivity contribution in [3.63, 3.8) is 0 Å². The van der Waals surface area contributed by atoms with Crippen LogP contribution in [0.25, 0.3) is 0 Å². The summed E-state index contributed by atoms with van der Waals surface area (Å²) in [5, 5.41) is 8.72. The molecule has 0 saturated carbocycles. The van der Waals surface area contributed by atoms with Crippen LogP contribution in [0, 0.1) is 0 Å². The standard InChI is InChI=1S/C14H21NO3/c1-2-3-4-5-13(6-7-14(16)17)12-15-8-10-18-11-9-15/h2-6H,7-12H2,1H3,(H,16,17)/b3-2-,5-4-,13-6-. The van der Waals surface area contributed by atoms with Crippen LogP contribution in [-0.2, 0) is 9.53 Å². The second-order valence-electron chi connectivity index (χ2n) is 4.15. The fraction of sp³-hybridized carbons (Fsp3) is 0.500. The first kappa shape index (κ1) is 14.7. The molecule has 18 heavy (non-hydrogen) atoms. The molecular weight excluding hydrogens is 230 g/mol. The van der Waals surface area contributed by atoms with E-state index in [2.05, 4.69) is 4.90 Å². The highest BCUT2D eigenvalue weighted by Gasteiger charge is 2.10. The minimum Gasteiger partial charge on any atom is -0.481 e. The molecule has 0 aliphatic carbocycles. The van der Waals surface area contributed by atoms with Crippen LogP contribution < -0.4 is 0 Å². The van der Waals surface area contributed by atoms with Gasteiger partial charge in [-0.05, 0) is 12.5 Å². The molecule has 0 amide bonds. The Kier molecular flexibility index (Phi) is 7.06. The summed E-state index contributed by atoms with van der Waals surface area (Å²) in [4.78, 5) is 12.9. The van der Waals surface area contributed by atoms with Gasteiger partial charge >= 0.3 is 5.97 Å². The Labute approximate surface area is 108 Å². The smallest absolute Gasteiger partial charge is 0.307 e. The first-order valence-corrected chi connectivity index (χ1v) is 6.22. The number of rotatable bonds is 6. The summed E-state index contributed by atoms with van der Waals surface area (Å²) in [5.74, 6) is -0.797. The van der Waals surface area contributed by atoms with Crippen molar-refractivity contribution in [1.29, 1.82) is 0 Å². The summed E-state index contributed by atoms with van der Waals surface area (Å²) in [6.45, 7) is 6.05. The highest BCUT2D eigenvalue weighted by atomic mass is 16.5. The lowest BCUT2D eigenvalue weighted by molar-refractivity contribution is -0.136. The first-order valence-electron chi connectivity index (χ1n) is 6.22. The molecule has 1 saturated heterocycles. The zero-order chi connectivity index (χ0) is 13.2. The predicted octanol–water partition coefficient (Wildman–Crippen LogP) is 1.85. The number of carbonyl (C=O) groups is 1. The van der Waals surface area contributed by atoms with Gasteiger partial charge in [-0.25, -0.2) is 0 Å². The van der Waals surface area contributed by atoms with Crippen LogP contribution in [0.15, 0.2) is 36.0 Å². The number of hydrogen-bond donors (Lipinski definition) is 1. The average Bonchev–Trinajstić information content (AvgIpc) is 2.37. The van der Waals surface area contributed by atoms with Gasteiger partial charge in [0.2, 0.25) is 0 Å². The van der Waals surface area contributed by atoms with E-state index < -0.39 is 5.97 Å². The Bertz CT molecular complexity index is 339. The molecule has 100 valence electrons. The molecule has 1 rings (SSSR count). The van der Waals surface area contributed by atoms with E-state index >= 15 is 0 Å². The lowest BCUT2D eigenvalue weighted by Crippen LogP contribution is -2.37. The van der Waals surface area contributed by atoms with Crippen molar-refractivity contribution in [3.05, 3.63) is 36.0 Å². The van der Waals surface area contributed by atoms with E-state index in [4.69, 9.17) is 9.84 Å². The number of aliphatic carboxylic acids is 1. The second kappa shape index (κ2) is 8.66. The molecule has 4 nitrogen and oxygen atoms in total. The molecule has 0 aromatic carbocycles. The Hall–Kier alpha value is -1.39. The van der Waals surface area contributed by atoms with Crippen LogP contribution in [0.1, 0.15) is 13.3 Å². The van der Waals surface area contributed by atoms with Crippen molar-refractivity contribution in [2.24, 2.45) is 0 Å². The Balaban J connectivity index is 2.57. The quantitative estimate of drug-likeness (QED) is 0.732. The third-order valence-electron chi connectivity index (χ3n) is 2.66. The van der Waals surface area contributed by atoms with Crippen LogP contribution in [0.5, 0.6) is 0 Å². The monoisotopic (exact) mass is 251 g/mol. The summed E-state index contributed by atoms with van der Waals surface area (Å²) < 4.78 is 5.29. The summed E-state index contributed by atoms with van der Waals surface area (Å²) in [6.07, 6.45) is 9.64. The number of ether oxygens (including phenoxy) is 1. The zero-order valence-electron chi connectivity index (χ0n) is 10.8. The number of carboxylic acid groups (broad SMARTS) is 1. The third kappa shape index (κ3) is 6.37. The van der Waals surface area contributed by atoms with Gasteiger partial charge in [0.05, 0.1) is 19.6 Å². The van der Waals surface area contributed by atoms with E-state index in [-0.39, 0.29) is 6.42 Å². The van der Waals surface area contributed by atoms with Crippen molar-refractivity contribution in [2.45, 2.75) is 13.3 Å². The van der Waals surface area contributed by atoms with Gasteiger partial charge in [0, 0.05) is 19.6 Å². The van der Waals surface area contributed by atoms with E-state index in [1.807, 2.05) is 31.2 Å². The number of carboxylic acids is 1. The molecule has 0 aromatic rings. The van der Waals surface area contributed by atoms with Crippen LogP contribution in [0.2, 0.25) is 0 Å². The molecule has 0 spiro atoms. The molecule has 0 radical (unpaired) electrons. The number of nitrogens with zero attached hydrogens (tertiary/aromatic N) is 1. The van der Waals surface area contributed by atoms with Gasteiger partial charge in [-0.2, -0.15) is 0 Å². The Morgan fingerprint density at radius 1 is 1.33 bits per heavy atom. The van der Waals surface area contributed by atoms with Crippen LogP contribution in [0.4, 0.5) is 0 Å². The van der Waals surface area contributed by atoms with Gasteiger partial charge in [-0.15, -0.1) is 0 Å². The maximum absolute atomic E-state index is 10.6. The van der Waals surface area contributed by atoms with E-state index in [0.29, 0.717) is 0 Å². The topological polar surface area (TPSA) is 49.8 Å². The fourth-order valence-corrected chi connectivity index (χ4v) is 1.71.